The molecule has 1 saturated heterocycles. The zero-order valence-electron chi connectivity index (χ0n) is 10.8. The number of hydrogen-bond donors (Lipinski definition) is 2. The van der Waals surface area contributed by atoms with Crippen LogP contribution in [0.25, 0.3) is 0 Å². The van der Waals surface area contributed by atoms with Crippen LogP contribution in [0.3, 0.4) is 0 Å². The van der Waals surface area contributed by atoms with Crippen molar-refractivity contribution in [3.8, 4) is 0 Å². The fourth-order valence-electron chi connectivity index (χ4n) is 2.03. The van der Waals surface area contributed by atoms with Crippen LogP contribution in [0.2, 0.25) is 0 Å². The first-order chi connectivity index (χ1) is 8.15. The Kier molecular flexibility index (Phi) is 6.47. The van der Waals surface area contributed by atoms with Crippen molar-refractivity contribution in [1.82, 2.24) is 5.32 Å². The molecule has 1 rings (SSSR count). The highest BCUT2D eigenvalue weighted by Gasteiger charge is 2.26. The average molecular weight is 244 g/mol. The number of methoxy groups -OCH3 is 1. The molecule has 0 saturated carbocycles. The molecule has 0 bridgehead atoms. The SMILES string of the molecule is COCC(C)CNC(=O)C(N)C1CCOCC1. The molecule has 0 spiro atoms. The monoisotopic (exact) mass is 244 g/mol. The quantitative estimate of drug-likeness (QED) is 0.697. The number of carbonyl (C=O) groups is 1. The Morgan fingerprint density at radius 3 is 2.76 bits per heavy atom. The van der Waals surface area contributed by atoms with Gasteiger partial charge in [0.2, 0.25) is 5.91 Å². The lowest BCUT2D eigenvalue weighted by atomic mass is 9.92. The third-order valence-electron chi connectivity index (χ3n) is 3.15. The number of nitrogens with two attached hydrogens (primary N) is 1. The van der Waals surface area contributed by atoms with E-state index >= 15 is 0 Å². The fraction of sp³-hybridized carbons (Fsp3) is 0.917. The first-order valence-electron chi connectivity index (χ1n) is 6.25. The molecular formula is C12H24N2O3. The van der Waals surface area contributed by atoms with E-state index in [9.17, 15) is 4.79 Å². The highest BCUT2D eigenvalue weighted by molar-refractivity contribution is 5.81. The molecule has 1 heterocycles. The highest BCUT2D eigenvalue weighted by atomic mass is 16.5. The van der Waals surface area contributed by atoms with Crippen LogP contribution in [0.1, 0.15) is 19.8 Å². The molecule has 1 amide bonds. The summed E-state index contributed by atoms with van der Waals surface area (Å²) >= 11 is 0. The van der Waals surface area contributed by atoms with Gasteiger partial charge in [0, 0.05) is 26.9 Å². The second kappa shape index (κ2) is 7.63. The number of rotatable bonds is 6. The smallest absolute Gasteiger partial charge is 0.237 e. The van der Waals surface area contributed by atoms with Crippen LogP contribution in [-0.4, -0.2) is 45.4 Å². The minimum Gasteiger partial charge on any atom is -0.384 e. The Hall–Kier alpha value is -0.650. The first kappa shape index (κ1) is 14.4. The lowest BCUT2D eigenvalue weighted by molar-refractivity contribution is -0.124. The molecule has 5 heteroatoms. The van der Waals surface area contributed by atoms with Gasteiger partial charge in [0.05, 0.1) is 12.6 Å². The zero-order chi connectivity index (χ0) is 12.7. The Morgan fingerprint density at radius 2 is 2.18 bits per heavy atom. The van der Waals surface area contributed by atoms with Crippen molar-refractivity contribution in [2.75, 3.05) is 33.5 Å². The van der Waals surface area contributed by atoms with Gasteiger partial charge in [0.1, 0.15) is 0 Å². The molecule has 0 aromatic heterocycles. The first-order valence-corrected chi connectivity index (χ1v) is 6.25. The van der Waals surface area contributed by atoms with Crippen molar-refractivity contribution in [2.24, 2.45) is 17.6 Å². The third-order valence-corrected chi connectivity index (χ3v) is 3.15. The summed E-state index contributed by atoms with van der Waals surface area (Å²) in [6.07, 6.45) is 1.75. The van der Waals surface area contributed by atoms with Crippen LogP contribution in [0.5, 0.6) is 0 Å². The Morgan fingerprint density at radius 1 is 1.53 bits per heavy atom. The van der Waals surface area contributed by atoms with Gasteiger partial charge in [0.25, 0.3) is 0 Å². The fourth-order valence-corrected chi connectivity index (χ4v) is 2.03. The molecular weight excluding hydrogens is 220 g/mol. The minimum absolute atomic E-state index is 0.0557. The summed E-state index contributed by atoms with van der Waals surface area (Å²) in [5.74, 6) is 0.507. The predicted molar refractivity (Wildman–Crippen MR) is 65.6 cm³/mol. The van der Waals surface area contributed by atoms with E-state index in [1.54, 1.807) is 7.11 Å². The topological polar surface area (TPSA) is 73.6 Å². The molecule has 1 aliphatic heterocycles. The van der Waals surface area contributed by atoms with Gasteiger partial charge in [-0.25, -0.2) is 0 Å². The van der Waals surface area contributed by atoms with Gasteiger partial charge in [-0.1, -0.05) is 6.92 Å². The highest BCUT2D eigenvalue weighted by Crippen LogP contribution is 2.17. The summed E-state index contributed by atoms with van der Waals surface area (Å²) in [7, 11) is 1.66. The number of ether oxygens (including phenoxy) is 2. The summed E-state index contributed by atoms with van der Waals surface area (Å²) in [5, 5.41) is 2.88. The number of carbonyl (C=O) groups excluding carboxylic acids is 1. The molecule has 2 unspecified atom stereocenters. The van der Waals surface area contributed by atoms with E-state index in [1.165, 1.54) is 0 Å². The largest absolute Gasteiger partial charge is 0.384 e. The molecule has 2 atom stereocenters. The Balaban J connectivity index is 2.25. The van der Waals surface area contributed by atoms with Crippen molar-refractivity contribution in [3.63, 3.8) is 0 Å². The number of hydrogen-bond acceptors (Lipinski definition) is 4. The average Bonchev–Trinajstić information content (AvgIpc) is 2.36. The van der Waals surface area contributed by atoms with Crippen molar-refractivity contribution >= 4 is 5.91 Å². The van der Waals surface area contributed by atoms with Crippen LogP contribution < -0.4 is 11.1 Å². The van der Waals surface area contributed by atoms with Crippen molar-refractivity contribution in [1.29, 1.82) is 0 Å². The van der Waals surface area contributed by atoms with Gasteiger partial charge >= 0.3 is 0 Å². The Labute approximate surface area is 103 Å². The lowest BCUT2D eigenvalue weighted by Crippen LogP contribution is -2.48. The third kappa shape index (κ3) is 5.02. The van der Waals surface area contributed by atoms with E-state index in [-0.39, 0.29) is 11.8 Å². The molecule has 1 fully saturated rings. The zero-order valence-corrected chi connectivity index (χ0v) is 10.8. The van der Waals surface area contributed by atoms with Gasteiger partial charge in [0.15, 0.2) is 0 Å². The molecule has 0 aromatic carbocycles. The summed E-state index contributed by atoms with van der Waals surface area (Å²) in [6.45, 7) is 4.72. The van der Waals surface area contributed by atoms with Gasteiger partial charge in [-0.2, -0.15) is 0 Å². The van der Waals surface area contributed by atoms with E-state index < -0.39 is 6.04 Å². The van der Waals surface area contributed by atoms with Crippen LogP contribution in [0.4, 0.5) is 0 Å². The van der Waals surface area contributed by atoms with Gasteiger partial charge in [-0.15, -0.1) is 0 Å². The molecule has 3 N–H and O–H groups in total. The van der Waals surface area contributed by atoms with Crippen LogP contribution in [0, 0.1) is 11.8 Å². The summed E-state index contributed by atoms with van der Waals surface area (Å²) in [6, 6.07) is -0.409. The molecule has 100 valence electrons. The second-order valence-corrected chi connectivity index (χ2v) is 4.78. The van der Waals surface area contributed by atoms with E-state index in [1.807, 2.05) is 6.92 Å². The van der Waals surface area contributed by atoms with Crippen LogP contribution >= 0.6 is 0 Å². The maximum Gasteiger partial charge on any atom is 0.237 e. The molecule has 17 heavy (non-hydrogen) atoms. The van der Waals surface area contributed by atoms with Crippen LogP contribution in [0.15, 0.2) is 0 Å². The number of amides is 1. The maximum absolute atomic E-state index is 11.8. The lowest BCUT2D eigenvalue weighted by Gasteiger charge is -2.27. The Bertz CT molecular complexity index is 230. The molecule has 0 radical (unpaired) electrons. The van der Waals surface area contributed by atoms with E-state index in [0.717, 1.165) is 12.8 Å². The molecule has 0 aromatic rings. The van der Waals surface area contributed by atoms with Gasteiger partial charge in [-0.3, -0.25) is 4.79 Å². The van der Waals surface area contributed by atoms with E-state index in [2.05, 4.69) is 5.32 Å². The van der Waals surface area contributed by atoms with Gasteiger partial charge < -0.3 is 20.5 Å². The normalized spacial score (nSPS) is 20.9. The van der Waals surface area contributed by atoms with Crippen molar-refractivity contribution in [2.45, 2.75) is 25.8 Å². The summed E-state index contributed by atoms with van der Waals surface area (Å²) in [4.78, 5) is 11.8. The van der Waals surface area contributed by atoms with Crippen LogP contribution in [-0.2, 0) is 14.3 Å². The molecule has 0 aliphatic carbocycles. The molecule has 1 aliphatic rings. The van der Waals surface area contributed by atoms with Crippen molar-refractivity contribution in [3.05, 3.63) is 0 Å². The standard InChI is InChI=1S/C12H24N2O3/c1-9(8-16-2)7-14-12(15)11(13)10-3-5-17-6-4-10/h9-11H,3-8,13H2,1-2H3,(H,14,15). The summed E-state index contributed by atoms with van der Waals surface area (Å²) < 4.78 is 10.3. The summed E-state index contributed by atoms with van der Waals surface area (Å²) in [5.41, 5.74) is 5.95. The minimum atomic E-state index is -0.409. The van der Waals surface area contributed by atoms with Gasteiger partial charge in [-0.05, 0) is 24.7 Å². The maximum atomic E-state index is 11.8. The van der Waals surface area contributed by atoms with E-state index in [0.29, 0.717) is 32.3 Å². The predicted octanol–water partition coefficient (Wildman–Crippen LogP) is 0.139. The second-order valence-electron chi connectivity index (χ2n) is 4.78. The van der Waals surface area contributed by atoms with E-state index in [4.69, 9.17) is 15.2 Å². The molecule has 5 nitrogen and oxygen atoms in total. The number of nitrogens with one attached hydrogen (secondary N) is 1. The van der Waals surface area contributed by atoms with Crippen molar-refractivity contribution < 1.29 is 14.3 Å².